The molecule has 0 saturated carbocycles. The fourth-order valence-electron chi connectivity index (χ4n) is 0.170. The van der Waals surface area contributed by atoms with Gasteiger partial charge < -0.3 is 10.2 Å². The first-order valence-electron chi connectivity index (χ1n) is 1.89. The van der Waals surface area contributed by atoms with E-state index in [2.05, 4.69) is 9.99 Å². The molecule has 0 saturated heterocycles. The number of oxime groups is 1. The summed E-state index contributed by atoms with van der Waals surface area (Å²) < 4.78 is 0. The van der Waals surface area contributed by atoms with Crippen molar-refractivity contribution in [3.8, 4) is 0 Å². The van der Waals surface area contributed by atoms with Crippen molar-refractivity contribution in [2.45, 2.75) is 6.92 Å². The molecule has 0 aromatic heterocycles. The van der Waals surface area contributed by atoms with E-state index in [1.807, 2.05) is 0 Å². The quantitative estimate of drug-likeness (QED) is 0.402. The third kappa shape index (κ3) is 2.96. The average Bonchev–Trinajstić information content (AvgIpc) is 1.68. The Labute approximate surface area is 42.5 Å². The maximum atomic E-state index is 6.58. The van der Waals surface area contributed by atoms with E-state index in [9.17, 15) is 0 Å². The Kier molecular flexibility index (Phi) is 2.92. The van der Waals surface area contributed by atoms with E-state index in [4.69, 9.17) is 5.41 Å². The van der Waals surface area contributed by atoms with Crippen LogP contribution in [0.1, 0.15) is 6.92 Å². The van der Waals surface area contributed by atoms with Gasteiger partial charge >= 0.3 is 0 Å². The Bertz CT molecular complexity index is 87.7. The second-order valence-corrected chi connectivity index (χ2v) is 1.06. The predicted molar refractivity (Wildman–Crippen MR) is 28.9 cm³/mol. The highest BCUT2D eigenvalue weighted by molar-refractivity contribution is 6.27. The van der Waals surface area contributed by atoms with E-state index in [1.165, 1.54) is 7.11 Å². The molecule has 0 fully saturated rings. The molecule has 3 heteroatoms. The summed E-state index contributed by atoms with van der Waals surface area (Å²) in [4.78, 5) is 4.33. The van der Waals surface area contributed by atoms with Gasteiger partial charge in [0.1, 0.15) is 7.11 Å². The second-order valence-electron chi connectivity index (χ2n) is 1.06. The first-order valence-corrected chi connectivity index (χ1v) is 1.89. The minimum atomic E-state index is 0.572. The molecule has 0 heterocycles. The van der Waals surface area contributed by atoms with Gasteiger partial charge in [0.2, 0.25) is 0 Å². The molecule has 0 aliphatic heterocycles. The van der Waals surface area contributed by atoms with Gasteiger partial charge in [-0.1, -0.05) is 5.16 Å². The molecule has 0 aromatic carbocycles. The van der Waals surface area contributed by atoms with Gasteiger partial charge in [-0.25, -0.2) is 0 Å². The van der Waals surface area contributed by atoms with Gasteiger partial charge in [0.15, 0.2) is 0 Å². The summed E-state index contributed by atoms with van der Waals surface area (Å²) in [5.41, 5.74) is 0.572. The lowest BCUT2D eigenvalue weighted by atomic mass is 10.5. The van der Waals surface area contributed by atoms with Gasteiger partial charge in [-0.05, 0) is 6.92 Å². The summed E-state index contributed by atoms with van der Waals surface area (Å²) >= 11 is 0. The van der Waals surface area contributed by atoms with E-state index in [0.29, 0.717) is 5.71 Å². The van der Waals surface area contributed by atoms with Crippen molar-refractivity contribution in [3.05, 3.63) is 0 Å². The van der Waals surface area contributed by atoms with Crippen LogP contribution in [0.3, 0.4) is 0 Å². The number of hydrogen-bond acceptors (Lipinski definition) is 3. The second kappa shape index (κ2) is 3.33. The fraction of sp³-hybridized carbons (Fsp3) is 0.500. The molecule has 0 bridgehead atoms. The fourth-order valence-corrected chi connectivity index (χ4v) is 0.170. The lowest BCUT2D eigenvalue weighted by Crippen LogP contribution is -1.89. The standard InChI is InChI=1S/C4H8N2O/c1-4(3-5)6-7-2/h3,5H,1-2H3/b5-3?,6-4+. The first kappa shape index (κ1) is 6.14. The molecule has 0 amide bonds. The van der Waals surface area contributed by atoms with Gasteiger partial charge in [-0.15, -0.1) is 0 Å². The van der Waals surface area contributed by atoms with Gasteiger partial charge in [0, 0.05) is 6.21 Å². The van der Waals surface area contributed by atoms with Crippen LogP contribution < -0.4 is 0 Å². The summed E-state index contributed by atoms with van der Waals surface area (Å²) in [6, 6.07) is 0. The molecular formula is C4H8N2O. The Morgan fingerprint density at radius 2 is 2.43 bits per heavy atom. The van der Waals surface area contributed by atoms with Crippen molar-refractivity contribution >= 4 is 11.9 Å². The van der Waals surface area contributed by atoms with Gasteiger partial charge in [0.05, 0.1) is 5.71 Å². The van der Waals surface area contributed by atoms with Crippen LogP contribution in [-0.2, 0) is 4.84 Å². The molecule has 7 heavy (non-hydrogen) atoms. The summed E-state index contributed by atoms with van der Waals surface area (Å²) in [6.45, 7) is 1.69. The highest BCUT2D eigenvalue weighted by Gasteiger charge is 1.76. The number of nitrogens with one attached hydrogen (secondary N) is 1. The lowest BCUT2D eigenvalue weighted by molar-refractivity contribution is 0.214. The molecule has 0 aromatic rings. The molecule has 1 N–H and O–H groups in total. The van der Waals surface area contributed by atoms with E-state index < -0.39 is 0 Å². The Morgan fingerprint density at radius 3 is 2.57 bits per heavy atom. The van der Waals surface area contributed by atoms with Gasteiger partial charge in [-0.2, -0.15) is 0 Å². The molecule has 0 aliphatic rings. The van der Waals surface area contributed by atoms with Crippen molar-refractivity contribution in [2.75, 3.05) is 7.11 Å². The number of hydrogen-bond donors (Lipinski definition) is 1. The minimum absolute atomic E-state index is 0.572. The van der Waals surface area contributed by atoms with Crippen molar-refractivity contribution < 1.29 is 4.84 Å². The lowest BCUT2D eigenvalue weighted by Gasteiger charge is -1.84. The molecule has 40 valence electrons. The van der Waals surface area contributed by atoms with Crippen LogP contribution in [0.4, 0.5) is 0 Å². The normalized spacial score (nSPS) is 10.9. The maximum Gasteiger partial charge on any atom is 0.106 e. The number of nitrogens with zero attached hydrogens (tertiary/aromatic N) is 1. The van der Waals surface area contributed by atoms with E-state index in [1.54, 1.807) is 6.92 Å². The third-order valence-corrected chi connectivity index (χ3v) is 0.444. The van der Waals surface area contributed by atoms with Gasteiger partial charge in [0.25, 0.3) is 0 Å². The zero-order chi connectivity index (χ0) is 5.70. The van der Waals surface area contributed by atoms with Crippen molar-refractivity contribution in [1.29, 1.82) is 5.41 Å². The molecule has 3 nitrogen and oxygen atoms in total. The molecule has 0 rings (SSSR count). The molecule has 0 radical (unpaired) electrons. The predicted octanol–water partition coefficient (Wildman–Crippen LogP) is 0.658. The average molecular weight is 100 g/mol. The Morgan fingerprint density at radius 1 is 1.86 bits per heavy atom. The van der Waals surface area contributed by atoms with Crippen LogP contribution in [0, 0.1) is 5.41 Å². The Hall–Kier alpha value is -0.860. The van der Waals surface area contributed by atoms with Crippen molar-refractivity contribution in [1.82, 2.24) is 0 Å². The summed E-state index contributed by atoms with van der Waals surface area (Å²) in [5, 5.41) is 9.99. The SMILES string of the molecule is CO/N=C(\C)C=N. The van der Waals surface area contributed by atoms with Crippen molar-refractivity contribution in [2.24, 2.45) is 5.16 Å². The Balaban J connectivity index is 3.49. The van der Waals surface area contributed by atoms with Crippen molar-refractivity contribution in [3.63, 3.8) is 0 Å². The minimum Gasteiger partial charge on any atom is -0.399 e. The summed E-state index contributed by atoms with van der Waals surface area (Å²) in [6.07, 6.45) is 1.13. The highest BCUT2D eigenvalue weighted by atomic mass is 16.6. The van der Waals surface area contributed by atoms with Crippen LogP contribution in [0.5, 0.6) is 0 Å². The van der Waals surface area contributed by atoms with Gasteiger partial charge in [-0.3, -0.25) is 0 Å². The van der Waals surface area contributed by atoms with E-state index in [-0.39, 0.29) is 0 Å². The first-order chi connectivity index (χ1) is 3.31. The number of rotatable bonds is 2. The van der Waals surface area contributed by atoms with E-state index in [0.717, 1.165) is 6.21 Å². The molecular weight excluding hydrogens is 92.1 g/mol. The third-order valence-electron chi connectivity index (χ3n) is 0.444. The molecule has 0 unspecified atom stereocenters. The van der Waals surface area contributed by atoms with Crippen LogP contribution in [-0.4, -0.2) is 19.0 Å². The highest BCUT2D eigenvalue weighted by Crippen LogP contribution is 1.69. The molecule has 0 aliphatic carbocycles. The van der Waals surface area contributed by atoms with Crippen LogP contribution in [0.25, 0.3) is 0 Å². The summed E-state index contributed by atoms with van der Waals surface area (Å²) in [5.74, 6) is 0. The zero-order valence-electron chi connectivity index (χ0n) is 4.43. The molecule has 0 spiro atoms. The largest absolute Gasteiger partial charge is 0.399 e. The maximum absolute atomic E-state index is 6.58. The van der Waals surface area contributed by atoms with Crippen LogP contribution in [0.2, 0.25) is 0 Å². The zero-order valence-corrected chi connectivity index (χ0v) is 4.43. The summed E-state index contributed by atoms with van der Waals surface area (Å²) in [7, 11) is 1.45. The topological polar surface area (TPSA) is 45.4 Å². The monoisotopic (exact) mass is 100 g/mol. The van der Waals surface area contributed by atoms with Crippen LogP contribution in [0.15, 0.2) is 5.16 Å². The van der Waals surface area contributed by atoms with E-state index >= 15 is 0 Å². The van der Waals surface area contributed by atoms with Crippen LogP contribution >= 0.6 is 0 Å². The molecule has 0 atom stereocenters. The smallest absolute Gasteiger partial charge is 0.106 e.